The molecule has 100 valence electrons. The Hall–Kier alpha value is -2.47. The summed E-state index contributed by atoms with van der Waals surface area (Å²) in [5, 5.41) is 17.5. The van der Waals surface area contributed by atoms with E-state index in [2.05, 4.69) is 9.97 Å². The molecule has 2 rings (SSSR count). The first-order valence-corrected chi connectivity index (χ1v) is 5.56. The topological polar surface area (TPSA) is 109 Å². The second kappa shape index (κ2) is 7.78. The van der Waals surface area contributed by atoms with Crippen molar-refractivity contribution < 1.29 is 15.0 Å². The van der Waals surface area contributed by atoms with Crippen LogP contribution in [0.2, 0.25) is 0 Å². The molecule has 6 heteroatoms. The second-order valence-electron chi connectivity index (χ2n) is 3.72. The highest BCUT2D eigenvalue weighted by Crippen LogP contribution is 2.10. The Morgan fingerprint density at radius 3 is 2.16 bits per heavy atom. The van der Waals surface area contributed by atoms with Gasteiger partial charge >= 0.3 is 5.97 Å². The van der Waals surface area contributed by atoms with Gasteiger partial charge in [0, 0.05) is 12.4 Å². The van der Waals surface area contributed by atoms with Crippen LogP contribution in [0.4, 0.5) is 0 Å². The van der Waals surface area contributed by atoms with Crippen LogP contribution in [-0.4, -0.2) is 32.2 Å². The molecule has 1 aromatic heterocycles. The fourth-order valence-corrected chi connectivity index (χ4v) is 1.23. The lowest BCUT2D eigenvalue weighted by atomic mass is 10.1. The van der Waals surface area contributed by atoms with Crippen LogP contribution in [0, 0.1) is 0 Å². The highest BCUT2D eigenvalue weighted by Gasteiger charge is 2.11. The number of phenols is 1. The molecule has 0 bridgehead atoms. The highest BCUT2D eigenvalue weighted by atomic mass is 16.4. The number of nitrogens with two attached hydrogens (primary N) is 1. The zero-order valence-corrected chi connectivity index (χ0v) is 10.2. The molecular formula is C13H15N3O3. The molecule has 2 aromatic rings. The molecule has 0 unspecified atom stereocenters. The molecule has 0 amide bonds. The number of hydrogen-bond acceptors (Lipinski definition) is 5. The van der Waals surface area contributed by atoms with Gasteiger partial charge in [0.15, 0.2) is 0 Å². The average molecular weight is 261 g/mol. The van der Waals surface area contributed by atoms with Gasteiger partial charge in [-0.25, -0.2) is 9.97 Å². The number of phenolic OH excluding ortho intramolecular Hbond substituents is 1. The Labute approximate surface area is 110 Å². The summed E-state index contributed by atoms with van der Waals surface area (Å²) in [6.45, 7) is 0. The van der Waals surface area contributed by atoms with Gasteiger partial charge in [-0.05, 0) is 30.2 Å². The van der Waals surface area contributed by atoms with Gasteiger partial charge in [-0.3, -0.25) is 4.79 Å². The first-order chi connectivity index (χ1) is 9.09. The molecule has 0 saturated carbocycles. The highest BCUT2D eigenvalue weighted by molar-refractivity contribution is 5.73. The molecule has 1 aromatic carbocycles. The lowest BCUT2D eigenvalue weighted by Crippen LogP contribution is -2.32. The molecule has 0 saturated heterocycles. The van der Waals surface area contributed by atoms with Crippen molar-refractivity contribution in [2.24, 2.45) is 5.73 Å². The fourth-order valence-electron chi connectivity index (χ4n) is 1.23. The van der Waals surface area contributed by atoms with Crippen molar-refractivity contribution in [2.75, 3.05) is 0 Å². The van der Waals surface area contributed by atoms with E-state index in [9.17, 15) is 4.79 Å². The quantitative estimate of drug-likeness (QED) is 0.754. The second-order valence-corrected chi connectivity index (χ2v) is 3.72. The Kier molecular flexibility index (Phi) is 5.97. The van der Waals surface area contributed by atoms with Crippen LogP contribution in [0.1, 0.15) is 5.56 Å². The first kappa shape index (κ1) is 14.6. The fraction of sp³-hybridized carbons (Fsp3) is 0.154. The summed E-state index contributed by atoms with van der Waals surface area (Å²) in [6.07, 6.45) is 5.15. The maximum absolute atomic E-state index is 10.4. The predicted molar refractivity (Wildman–Crippen MR) is 69.5 cm³/mol. The molecule has 19 heavy (non-hydrogen) atoms. The number of aromatic hydroxyl groups is 1. The Balaban J connectivity index is 0.000000250. The summed E-state index contributed by atoms with van der Waals surface area (Å²) >= 11 is 0. The average Bonchev–Trinajstić information content (AvgIpc) is 2.44. The lowest BCUT2D eigenvalue weighted by molar-refractivity contribution is -0.138. The van der Waals surface area contributed by atoms with E-state index in [1.807, 2.05) is 0 Å². The van der Waals surface area contributed by atoms with Gasteiger partial charge in [0.05, 0.1) is 0 Å². The van der Waals surface area contributed by atoms with Crippen LogP contribution < -0.4 is 5.73 Å². The number of benzene rings is 1. The van der Waals surface area contributed by atoms with Gasteiger partial charge in [-0.2, -0.15) is 0 Å². The van der Waals surface area contributed by atoms with E-state index in [1.54, 1.807) is 30.6 Å². The molecule has 1 atom stereocenters. The smallest absolute Gasteiger partial charge is 0.320 e. The number of carboxylic acids is 1. The van der Waals surface area contributed by atoms with Gasteiger partial charge < -0.3 is 15.9 Å². The third-order valence-corrected chi connectivity index (χ3v) is 2.19. The molecule has 0 radical (unpaired) electrons. The third-order valence-electron chi connectivity index (χ3n) is 2.19. The maximum atomic E-state index is 10.4. The first-order valence-electron chi connectivity index (χ1n) is 5.56. The molecule has 0 aliphatic rings. The molecular weight excluding hydrogens is 246 g/mol. The number of carbonyl (C=O) groups is 1. The van der Waals surface area contributed by atoms with Crippen molar-refractivity contribution in [3.05, 3.63) is 54.6 Å². The minimum atomic E-state index is -1.02. The minimum absolute atomic E-state index is 0.160. The molecule has 0 aliphatic carbocycles. The lowest BCUT2D eigenvalue weighted by Gasteiger charge is -2.05. The summed E-state index contributed by atoms with van der Waals surface area (Å²) in [5.41, 5.74) is 6.12. The van der Waals surface area contributed by atoms with Gasteiger partial charge in [0.2, 0.25) is 0 Å². The zero-order valence-electron chi connectivity index (χ0n) is 10.2. The van der Waals surface area contributed by atoms with E-state index in [0.717, 1.165) is 5.56 Å². The van der Waals surface area contributed by atoms with Crippen molar-refractivity contribution in [3.8, 4) is 5.75 Å². The SMILES string of the molecule is N[C@@H](Cc1ccc(O)cc1)C(=O)O.c1cncnc1. The summed E-state index contributed by atoms with van der Waals surface area (Å²) in [6, 6.07) is 7.20. The van der Waals surface area contributed by atoms with Crippen LogP contribution in [0.5, 0.6) is 5.75 Å². The summed E-state index contributed by atoms with van der Waals surface area (Å²) in [5.74, 6) is -0.860. The summed E-state index contributed by atoms with van der Waals surface area (Å²) in [7, 11) is 0. The molecule has 0 spiro atoms. The van der Waals surface area contributed by atoms with Crippen molar-refractivity contribution in [1.29, 1.82) is 0 Å². The van der Waals surface area contributed by atoms with E-state index in [1.165, 1.54) is 18.5 Å². The number of carboxylic acid groups (broad SMARTS) is 1. The largest absolute Gasteiger partial charge is 0.508 e. The number of aromatic nitrogens is 2. The van der Waals surface area contributed by atoms with E-state index in [0.29, 0.717) is 0 Å². The van der Waals surface area contributed by atoms with Crippen LogP contribution in [0.3, 0.4) is 0 Å². The van der Waals surface area contributed by atoms with E-state index in [4.69, 9.17) is 15.9 Å². The van der Waals surface area contributed by atoms with Crippen LogP contribution in [-0.2, 0) is 11.2 Å². The van der Waals surface area contributed by atoms with Crippen LogP contribution in [0.25, 0.3) is 0 Å². The van der Waals surface area contributed by atoms with Crippen LogP contribution in [0.15, 0.2) is 49.1 Å². The van der Waals surface area contributed by atoms with Gasteiger partial charge in [-0.1, -0.05) is 12.1 Å². The van der Waals surface area contributed by atoms with E-state index < -0.39 is 12.0 Å². The number of nitrogens with zero attached hydrogens (tertiary/aromatic N) is 2. The minimum Gasteiger partial charge on any atom is -0.508 e. The molecule has 1 heterocycles. The normalized spacial score (nSPS) is 11.0. The Morgan fingerprint density at radius 1 is 1.21 bits per heavy atom. The maximum Gasteiger partial charge on any atom is 0.320 e. The number of hydrogen-bond donors (Lipinski definition) is 3. The van der Waals surface area contributed by atoms with Crippen molar-refractivity contribution in [1.82, 2.24) is 9.97 Å². The van der Waals surface area contributed by atoms with Gasteiger partial charge in [0.1, 0.15) is 18.1 Å². The van der Waals surface area contributed by atoms with E-state index in [-0.39, 0.29) is 12.2 Å². The predicted octanol–water partition coefficient (Wildman–Crippen LogP) is 0.823. The Bertz CT molecular complexity index is 462. The van der Waals surface area contributed by atoms with Crippen molar-refractivity contribution in [2.45, 2.75) is 12.5 Å². The van der Waals surface area contributed by atoms with Crippen LogP contribution >= 0.6 is 0 Å². The van der Waals surface area contributed by atoms with Crippen molar-refractivity contribution in [3.63, 3.8) is 0 Å². The van der Waals surface area contributed by atoms with Gasteiger partial charge in [0.25, 0.3) is 0 Å². The number of rotatable bonds is 3. The summed E-state index contributed by atoms with van der Waals surface area (Å²) in [4.78, 5) is 17.7. The van der Waals surface area contributed by atoms with E-state index >= 15 is 0 Å². The monoisotopic (exact) mass is 261 g/mol. The Morgan fingerprint density at radius 2 is 1.79 bits per heavy atom. The third kappa shape index (κ3) is 6.13. The standard InChI is InChI=1S/C9H11NO3.C4H4N2/c10-8(9(12)13)5-6-1-3-7(11)4-2-6;1-2-5-4-6-3-1/h1-4,8,11H,5,10H2,(H,12,13);1-4H/t8-;/m0./s1. The molecule has 4 N–H and O–H groups in total. The van der Waals surface area contributed by atoms with Crippen molar-refractivity contribution >= 4 is 5.97 Å². The molecule has 6 nitrogen and oxygen atoms in total. The number of aliphatic carboxylic acids is 1. The summed E-state index contributed by atoms with van der Waals surface area (Å²) < 4.78 is 0. The molecule has 0 aliphatic heterocycles. The van der Waals surface area contributed by atoms with Gasteiger partial charge in [-0.15, -0.1) is 0 Å². The zero-order chi connectivity index (χ0) is 14.1. The molecule has 0 fully saturated rings.